The Bertz CT molecular complexity index is 385. The van der Waals surface area contributed by atoms with Crippen LogP contribution in [0.2, 0.25) is 0 Å². The minimum atomic E-state index is -0.110. The van der Waals surface area contributed by atoms with Gasteiger partial charge in [-0.3, -0.25) is 0 Å². The SMILES string of the molecule is Cc1cc(C)cc(CC(CN)(CO)CC2CC2)c1. The zero-order chi connectivity index (χ0) is 13.2. The Morgan fingerprint density at radius 1 is 1.22 bits per heavy atom. The molecule has 2 nitrogen and oxygen atoms in total. The van der Waals surface area contributed by atoms with E-state index in [1.165, 1.54) is 29.5 Å². The van der Waals surface area contributed by atoms with E-state index in [4.69, 9.17) is 5.73 Å². The Kier molecular flexibility index (Phi) is 4.08. The van der Waals surface area contributed by atoms with Gasteiger partial charge in [-0.1, -0.05) is 42.2 Å². The van der Waals surface area contributed by atoms with Crippen LogP contribution in [-0.4, -0.2) is 18.3 Å². The number of hydrogen-bond acceptors (Lipinski definition) is 2. The highest BCUT2D eigenvalue weighted by Crippen LogP contribution is 2.41. The molecule has 2 rings (SSSR count). The molecule has 0 aliphatic heterocycles. The molecule has 1 aromatic rings. The fourth-order valence-corrected chi connectivity index (χ4v) is 2.95. The van der Waals surface area contributed by atoms with E-state index >= 15 is 0 Å². The summed E-state index contributed by atoms with van der Waals surface area (Å²) in [5.41, 5.74) is 9.75. The number of aliphatic hydroxyl groups is 1. The molecule has 1 atom stereocenters. The van der Waals surface area contributed by atoms with E-state index < -0.39 is 0 Å². The van der Waals surface area contributed by atoms with Crippen LogP contribution in [-0.2, 0) is 6.42 Å². The van der Waals surface area contributed by atoms with E-state index in [0.717, 1.165) is 18.8 Å². The van der Waals surface area contributed by atoms with Crippen molar-refractivity contribution in [1.82, 2.24) is 0 Å². The van der Waals surface area contributed by atoms with E-state index in [-0.39, 0.29) is 12.0 Å². The van der Waals surface area contributed by atoms with Crippen LogP contribution in [0, 0.1) is 25.2 Å². The summed E-state index contributed by atoms with van der Waals surface area (Å²) in [7, 11) is 0. The summed E-state index contributed by atoms with van der Waals surface area (Å²) >= 11 is 0. The smallest absolute Gasteiger partial charge is 0.0502 e. The number of benzene rings is 1. The first-order chi connectivity index (χ1) is 8.57. The van der Waals surface area contributed by atoms with Crippen molar-refractivity contribution in [2.24, 2.45) is 17.1 Å². The third-order valence-electron chi connectivity index (χ3n) is 4.05. The van der Waals surface area contributed by atoms with Gasteiger partial charge in [0.05, 0.1) is 6.61 Å². The van der Waals surface area contributed by atoms with E-state index in [2.05, 4.69) is 32.0 Å². The van der Waals surface area contributed by atoms with Crippen molar-refractivity contribution in [2.45, 2.75) is 39.5 Å². The molecule has 100 valence electrons. The number of nitrogens with two attached hydrogens (primary N) is 1. The molecule has 0 amide bonds. The Labute approximate surface area is 110 Å². The minimum absolute atomic E-state index is 0.110. The molecule has 1 fully saturated rings. The zero-order valence-electron chi connectivity index (χ0n) is 11.6. The molecule has 2 heteroatoms. The largest absolute Gasteiger partial charge is 0.396 e. The summed E-state index contributed by atoms with van der Waals surface area (Å²) in [6.07, 6.45) is 4.61. The molecule has 1 saturated carbocycles. The third-order valence-corrected chi connectivity index (χ3v) is 4.05. The maximum absolute atomic E-state index is 9.77. The van der Waals surface area contributed by atoms with E-state index in [1.54, 1.807) is 0 Å². The summed E-state index contributed by atoms with van der Waals surface area (Å²) in [6.45, 7) is 5.03. The normalized spacial score (nSPS) is 18.7. The lowest BCUT2D eigenvalue weighted by atomic mass is 9.77. The quantitative estimate of drug-likeness (QED) is 0.811. The highest BCUT2D eigenvalue weighted by Gasteiger charge is 2.35. The number of hydrogen-bond donors (Lipinski definition) is 2. The zero-order valence-corrected chi connectivity index (χ0v) is 11.6. The number of aryl methyl sites for hydroxylation is 2. The van der Waals surface area contributed by atoms with Crippen molar-refractivity contribution in [1.29, 1.82) is 0 Å². The van der Waals surface area contributed by atoms with Gasteiger partial charge in [-0.25, -0.2) is 0 Å². The minimum Gasteiger partial charge on any atom is -0.396 e. The summed E-state index contributed by atoms with van der Waals surface area (Å²) in [5.74, 6) is 0.798. The lowest BCUT2D eigenvalue weighted by Gasteiger charge is -2.31. The predicted molar refractivity (Wildman–Crippen MR) is 75.5 cm³/mol. The lowest BCUT2D eigenvalue weighted by molar-refractivity contribution is 0.115. The molecular weight excluding hydrogens is 222 g/mol. The molecule has 0 saturated heterocycles. The van der Waals surface area contributed by atoms with Crippen molar-refractivity contribution < 1.29 is 5.11 Å². The van der Waals surface area contributed by atoms with Crippen LogP contribution in [0.15, 0.2) is 18.2 Å². The molecule has 0 bridgehead atoms. The first-order valence-electron chi connectivity index (χ1n) is 6.95. The van der Waals surface area contributed by atoms with Gasteiger partial charge in [-0.05, 0) is 38.2 Å². The van der Waals surface area contributed by atoms with Crippen molar-refractivity contribution in [3.63, 3.8) is 0 Å². The van der Waals surface area contributed by atoms with E-state index in [0.29, 0.717) is 6.54 Å². The predicted octanol–water partition coefficient (Wildman–Crippen LogP) is 2.58. The average molecular weight is 247 g/mol. The molecule has 0 aromatic heterocycles. The Hall–Kier alpha value is -0.860. The monoisotopic (exact) mass is 247 g/mol. The van der Waals surface area contributed by atoms with E-state index in [9.17, 15) is 5.11 Å². The highest BCUT2D eigenvalue weighted by atomic mass is 16.3. The summed E-state index contributed by atoms with van der Waals surface area (Å²) in [5, 5.41) is 9.77. The van der Waals surface area contributed by atoms with Crippen LogP contribution in [0.3, 0.4) is 0 Å². The molecule has 0 heterocycles. The van der Waals surface area contributed by atoms with Crippen molar-refractivity contribution >= 4 is 0 Å². The summed E-state index contributed by atoms with van der Waals surface area (Å²) in [4.78, 5) is 0. The molecular formula is C16H25NO. The molecule has 3 N–H and O–H groups in total. The fraction of sp³-hybridized carbons (Fsp3) is 0.625. The molecule has 0 spiro atoms. The topological polar surface area (TPSA) is 46.2 Å². The third kappa shape index (κ3) is 3.33. The molecule has 1 aromatic carbocycles. The van der Waals surface area contributed by atoms with Gasteiger partial charge in [0.1, 0.15) is 0 Å². The van der Waals surface area contributed by atoms with Crippen LogP contribution in [0.5, 0.6) is 0 Å². The summed E-state index contributed by atoms with van der Waals surface area (Å²) < 4.78 is 0. The second-order valence-electron chi connectivity index (χ2n) is 6.18. The van der Waals surface area contributed by atoms with Crippen LogP contribution in [0.1, 0.15) is 36.0 Å². The molecule has 18 heavy (non-hydrogen) atoms. The molecule has 1 aliphatic carbocycles. The highest BCUT2D eigenvalue weighted by molar-refractivity contribution is 5.29. The fourth-order valence-electron chi connectivity index (χ4n) is 2.95. The van der Waals surface area contributed by atoms with E-state index in [1.807, 2.05) is 0 Å². The molecule has 1 unspecified atom stereocenters. The molecule has 0 radical (unpaired) electrons. The van der Waals surface area contributed by atoms with Gasteiger partial charge in [-0.15, -0.1) is 0 Å². The molecule has 1 aliphatic rings. The standard InChI is InChI=1S/C16H25NO/c1-12-5-13(2)7-15(6-12)9-16(10-17,11-18)8-14-3-4-14/h5-7,14,18H,3-4,8-11,17H2,1-2H3. The van der Waals surface area contributed by atoms with Crippen molar-refractivity contribution in [3.05, 3.63) is 34.9 Å². The number of aliphatic hydroxyl groups excluding tert-OH is 1. The van der Waals surface area contributed by atoms with Gasteiger partial charge >= 0.3 is 0 Å². The number of rotatable bonds is 6. The van der Waals surface area contributed by atoms with Gasteiger partial charge < -0.3 is 10.8 Å². The Morgan fingerprint density at radius 2 is 1.83 bits per heavy atom. The van der Waals surface area contributed by atoms with Crippen LogP contribution < -0.4 is 5.73 Å². The first-order valence-corrected chi connectivity index (χ1v) is 6.95. The van der Waals surface area contributed by atoms with Crippen LogP contribution in [0.4, 0.5) is 0 Å². The second kappa shape index (κ2) is 5.41. The van der Waals surface area contributed by atoms with Crippen LogP contribution in [0.25, 0.3) is 0 Å². The summed E-state index contributed by atoms with van der Waals surface area (Å²) in [6, 6.07) is 6.63. The van der Waals surface area contributed by atoms with Gasteiger partial charge in [0.25, 0.3) is 0 Å². The van der Waals surface area contributed by atoms with Crippen LogP contribution >= 0.6 is 0 Å². The Morgan fingerprint density at radius 3 is 2.28 bits per heavy atom. The maximum Gasteiger partial charge on any atom is 0.0502 e. The Balaban J connectivity index is 2.15. The van der Waals surface area contributed by atoms with Gasteiger partial charge in [0.2, 0.25) is 0 Å². The lowest BCUT2D eigenvalue weighted by Crippen LogP contribution is -2.37. The van der Waals surface area contributed by atoms with Crippen molar-refractivity contribution in [3.8, 4) is 0 Å². The second-order valence-corrected chi connectivity index (χ2v) is 6.18. The first kappa shape index (κ1) is 13.6. The van der Waals surface area contributed by atoms with Gasteiger partial charge in [0.15, 0.2) is 0 Å². The van der Waals surface area contributed by atoms with Gasteiger partial charge in [-0.2, -0.15) is 0 Å². The van der Waals surface area contributed by atoms with Crippen molar-refractivity contribution in [2.75, 3.05) is 13.2 Å². The average Bonchev–Trinajstić information content (AvgIpc) is 3.10. The van der Waals surface area contributed by atoms with Gasteiger partial charge in [0, 0.05) is 12.0 Å². The maximum atomic E-state index is 9.77.